The summed E-state index contributed by atoms with van der Waals surface area (Å²) >= 11 is 4.86. The first-order valence-corrected chi connectivity index (χ1v) is 6.53. The quantitative estimate of drug-likeness (QED) is 0.510. The fraction of sp³-hybridized carbons (Fsp3) is 0.583. The zero-order valence-corrected chi connectivity index (χ0v) is 11.6. The number of carbonyl (C=O) groups excluding carboxylic acids is 1. The zero-order valence-electron chi connectivity index (χ0n) is 10.8. The van der Waals surface area contributed by atoms with Gasteiger partial charge in [-0.15, -0.1) is 0 Å². The molecule has 0 aromatic carbocycles. The third-order valence-corrected chi connectivity index (χ3v) is 3.21. The Morgan fingerprint density at radius 1 is 1.67 bits per heavy atom. The van der Waals surface area contributed by atoms with Gasteiger partial charge in [0.05, 0.1) is 17.1 Å². The Kier molecular flexibility index (Phi) is 5.77. The van der Waals surface area contributed by atoms with E-state index in [9.17, 15) is 4.79 Å². The second kappa shape index (κ2) is 7.10. The minimum Gasteiger partial charge on any atom is -0.393 e. The number of amides is 1. The first kappa shape index (κ1) is 14.6. The predicted octanol–water partition coefficient (Wildman–Crippen LogP) is 1.08. The Morgan fingerprint density at radius 3 is 2.89 bits per heavy atom. The lowest BCUT2D eigenvalue weighted by Crippen LogP contribution is -2.38. The number of thiocarbonyl (C=S) groups is 1. The molecule has 0 radical (unpaired) electrons. The normalized spacial score (nSPS) is 12.1. The van der Waals surface area contributed by atoms with Crippen LogP contribution in [0.2, 0.25) is 0 Å². The number of H-pyrrole nitrogens is 1. The van der Waals surface area contributed by atoms with Crippen molar-refractivity contribution in [1.82, 2.24) is 15.5 Å². The molecular weight excluding hydrogens is 248 g/mol. The topological polar surface area (TPSA) is 83.8 Å². The van der Waals surface area contributed by atoms with E-state index in [1.54, 1.807) is 0 Å². The highest BCUT2D eigenvalue weighted by Crippen LogP contribution is 2.06. The Balaban J connectivity index is 2.27. The van der Waals surface area contributed by atoms with Gasteiger partial charge < -0.3 is 11.1 Å². The molecule has 0 saturated carbocycles. The van der Waals surface area contributed by atoms with Gasteiger partial charge in [0.1, 0.15) is 0 Å². The van der Waals surface area contributed by atoms with Crippen molar-refractivity contribution in [3.63, 3.8) is 0 Å². The van der Waals surface area contributed by atoms with Crippen LogP contribution in [0.5, 0.6) is 0 Å². The van der Waals surface area contributed by atoms with Gasteiger partial charge >= 0.3 is 0 Å². The zero-order chi connectivity index (χ0) is 13.5. The van der Waals surface area contributed by atoms with E-state index in [4.69, 9.17) is 18.0 Å². The predicted molar refractivity (Wildman–Crippen MR) is 75.2 cm³/mol. The summed E-state index contributed by atoms with van der Waals surface area (Å²) in [7, 11) is 0. The van der Waals surface area contributed by atoms with Crippen LogP contribution in [0.15, 0.2) is 6.20 Å². The van der Waals surface area contributed by atoms with Crippen LogP contribution < -0.4 is 11.1 Å². The van der Waals surface area contributed by atoms with Gasteiger partial charge in [-0.05, 0) is 31.7 Å². The fourth-order valence-corrected chi connectivity index (χ4v) is 2.03. The molecule has 1 heterocycles. The molecule has 1 amide bonds. The van der Waals surface area contributed by atoms with E-state index < -0.39 is 0 Å². The van der Waals surface area contributed by atoms with E-state index in [2.05, 4.69) is 15.5 Å². The molecule has 1 rings (SSSR count). The van der Waals surface area contributed by atoms with Crippen molar-refractivity contribution < 1.29 is 4.79 Å². The van der Waals surface area contributed by atoms with Crippen molar-refractivity contribution in [2.75, 3.05) is 6.54 Å². The van der Waals surface area contributed by atoms with Gasteiger partial charge in [0.2, 0.25) is 5.91 Å². The van der Waals surface area contributed by atoms with Crippen LogP contribution in [-0.2, 0) is 11.2 Å². The first-order chi connectivity index (χ1) is 8.56. The molecule has 0 spiro atoms. The second-order valence-electron chi connectivity index (χ2n) is 4.28. The maximum absolute atomic E-state index is 11.7. The molecule has 4 N–H and O–H groups in total. The van der Waals surface area contributed by atoms with E-state index in [0.717, 1.165) is 18.5 Å². The molecule has 0 bridgehead atoms. The van der Waals surface area contributed by atoms with Crippen LogP contribution in [0.25, 0.3) is 0 Å². The number of aromatic nitrogens is 2. The number of nitrogens with one attached hydrogen (secondary N) is 2. The van der Waals surface area contributed by atoms with Gasteiger partial charge in [0.25, 0.3) is 0 Å². The summed E-state index contributed by atoms with van der Waals surface area (Å²) in [5, 5.41) is 9.70. The van der Waals surface area contributed by atoms with E-state index in [1.807, 2.05) is 20.0 Å². The highest BCUT2D eigenvalue weighted by molar-refractivity contribution is 7.80. The van der Waals surface area contributed by atoms with Gasteiger partial charge in [0, 0.05) is 12.2 Å². The van der Waals surface area contributed by atoms with Crippen molar-refractivity contribution in [2.45, 2.75) is 33.1 Å². The average Bonchev–Trinajstić information content (AvgIpc) is 2.71. The maximum Gasteiger partial charge on any atom is 0.229 e. The smallest absolute Gasteiger partial charge is 0.229 e. The van der Waals surface area contributed by atoms with Gasteiger partial charge in [-0.2, -0.15) is 5.10 Å². The Labute approximate surface area is 113 Å². The summed E-state index contributed by atoms with van der Waals surface area (Å²) in [6.07, 6.45) is 4.23. The maximum atomic E-state index is 11.7. The summed E-state index contributed by atoms with van der Waals surface area (Å²) < 4.78 is 0. The van der Waals surface area contributed by atoms with Crippen LogP contribution >= 0.6 is 12.2 Å². The Hall–Kier alpha value is -1.43. The minimum absolute atomic E-state index is 0.0751. The lowest BCUT2D eigenvalue weighted by Gasteiger charge is -2.13. The molecular formula is C12H20N4OS. The SMILES string of the molecule is CCC(C(=O)NCCCc1cn[nH]c1C)C(N)=S. The molecule has 1 atom stereocenters. The third kappa shape index (κ3) is 4.10. The molecule has 100 valence electrons. The molecule has 1 aromatic rings. The minimum atomic E-state index is -0.351. The Bertz CT molecular complexity index is 416. The van der Waals surface area contributed by atoms with Crippen LogP contribution in [0.4, 0.5) is 0 Å². The van der Waals surface area contributed by atoms with Gasteiger partial charge in [0.15, 0.2) is 0 Å². The van der Waals surface area contributed by atoms with Crippen molar-refractivity contribution in [3.8, 4) is 0 Å². The highest BCUT2D eigenvalue weighted by Gasteiger charge is 2.18. The van der Waals surface area contributed by atoms with Gasteiger partial charge in [-0.25, -0.2) is 0 Å². The summed E-state index contributed by atoms with van der Waals surface area (Å²) in [6.45, 7) is 4.52. The number of rotatable bonds is 7. The molecule has 6 heteroatoms. The summed E-state index contributed by atoms with van der Waals surface area (Å²) in [6, 6.07) is 0. The summed E-state index contributed by atoms with van der Waals surface area (Å²) in [5.41, 5.74) is 7.77. The summed E-state index contributed by atoms with van der Waals surface area (Å²) in [4.78, 5) is 12.0. The number of hydrogen-bond donors (Lipinski definition) is 3. The van der Waals surface area contributed by atoms with Crippen molar-refractivity contribution in [1.29, 1.82) is 0 Å². The monoisotopic (exact) mass is 268 g/mol. The number of carbonyl (C=O) groups is 1. The van der Waals surface area contributed by atoms with Crippen LogP contribution in [0.3, 0.4) is 0 Å². The average molecular weight is 268 g/mol. The standard InChI is InChI=1S/C12H20N4OS/c1-3-10(11(13)18)12(17)14-6-4-5-9-7-15-16-8(9)2/h7,10H,3-6H2,1-2H3,(H2,13,18)(H,14,17)(H,15,16). The molecule has 18 heavy (non-hydrogen) atoms. The number of aryl methyl sites for hydroxylation is 2. The highest BCUT2D eigenvalue weighted by atomic mass is 32.1. The number of nitrogens with two attached hydrogens (primary N) is 1. The number of aromatic amines is 1. The van der Waals surface area contributed by atoms with Crippen molar-refractivity contribution in [3.05, 3.63) is 17.5 Å². The van der Waals surface area contributed by atoms with E-state index in [1.165, 1.54) is 5.56 Å². The van der Waals surface area contributed by atoms with Crippen LogP contribution in [0.1, 0.15) is 31.0 Å². The van der Waals surface area contributed by atoms with E-state index in [0.29, 0.717) is 13.0 Å². The van der Waals surface area contributed by atoms with Gasteiger partial charge in [-0.3, -0.25) is 9.89 Å². The lowest BCUT2D eigenvalue weighted by atomic mass is 10.1. The fourth-order valence-electron chi connectivity index (χ4n) is 1.76. The van der Waals surface area contributed by atoms with Crippen molar-refractivity contribution >= 4 is 23.1 Å². The Morgan fingerprint density at radius 2 is 2.39 bits per heavy atom. The molecule has 0 fully saturated rings. The largest absolute Gasteiger partial charge is 0.393 e. The molecule has 0 saturated heterocycles. The molecule has 1 aromatic heterocycles. The molecule has 0 aliphatic rings. The van der Waals surface area contributed by atoms with E-state index >= 15 is 0 Å². The number of nitrogens with zero attached hydrogens (tertiary/aromatic N) is 1. The lowest BCUT2D eigenvalue weighted by molar-refractivity contribution is -0.123. The molecule has 0 aliphatic carbocycles. The first-order valence-electron chi connectivity index (χ1n) is 6.12. The molecule has 0 aliphatic heterocycles. The van der Waals surface area contributed by atoms with Gasteiger partial charge in [-0.1, -0.05) is 19.1 Å². The second-order valence-corrected chi connectivity index (χ2v) is 4.75. The third-order valence-electron chi connectivity index (χ3n) is 2.92. The van der Waals surface area contributed by atoms with E-state index in [-0.39, 0.29) is 16.8 Å². The van der Waals surface area contributed by atoms with Crippen LogP contribution in [-0.4, -0.2) is 27.6 Å². The number of hydrogen-bond acceptors (Lipinski definition) is 3. The van der Waals surface area contributed by atoms with Crippen LogP contribution in [0, 0.1) is 12.8 Å². The summed E-state index contributed by atoms with van der Waals surface area (Å²) in [5.74, 6) is -0.426. The molecule has 1 unspecified atom stereocenters. The van der Waals surface area contributed by atoms with Crippen molar-refractivity contribution in [2.24, 2.45) is 11.7 Å². The molecule has 5 nitrogen and oxygen atoms in total.